The van der Waals surface area contributed by atoms with E-state index >= 15 is 0 Å². The fourth-order valence-electron chi connectivity index (χ4n) is 3.18. The van der Waals surface area contributed by atoms with Crippen molar-refractivity contribution < 1.29 is 13.9 Å². The predicted molar refractivity (Wildman–Crippen MR) is 99.5 cm³/mol. The van der Waals surface area contributed by atoms with Crippen LogP contribution in [0.2, 0.25) is 0 Å². The van der Waals surface area contributed by atoms with Crippen molar-refractivity contribution >= 4 is 0 Å². The molecule has 4 rings (SSSR count). The van der Waals surface area contributed by atoms with Gasteiger partial charge in [-0.25, -0.2) is 4.98 Å². The zero-order valence-corrected chi connectivity index (χ0v) is 15.1. The van der Waals surface area contributed by atoms with E-state index in [1.54, 1.807) is 19.4 Å². The molecule has 1 aliphatic heterocycles. The standard InChI is InChI=1S/C21H20N2O4/c1-25-21-8-15(6-7-22-21)13-27-20-14-26-18(9-19(20)24)12-23-10-16-4-2-3-5-17(16)11-23/h2-9,14H,10-13H2,1H3. The van der Waals surface area contributed by atoms with Crippen LogP contribution in [0.5, 0.6) is 11.6 Å². The lowest BCUT2D eigenvalue weighted by molar-refractivity contribution is 0.241. The minimum absolute atomic E-state index is 0.186. The van der Waals surface area contributed by atoms with E-state index in [1.165, 1.54) is 23.5 Å². The summed E-state index contributed by atoms with van der Waals surface area (Å²) in [7, 11) is 1.55. The van der Waals surface area contributed by atoms with Crippen molar-refractivity contribution in [3.8, 4) is 11.6 Å². The van der Waals surface area contributed by atoms with E-state index in [0.29, 0.717) is 18.2 Å². The summed E-state index contributed by atoms with van der Waals surface area (Å²) < 4.78 is 16.3. The number of aromatic nitrogens is 1. The molecule has 0 aliphatic carbocycles. The zero-order chi connectivity index (χ0) is 18.6. The average Bonchev–Trinajstić information content (AvgIpc) is 3.10. The van der Waals surface area contributed by atoms with E-state index in [9.17, 15) is 4.79 Å². The molecular weight excluding hydrogens is 344 g/mol. The van der Waals surface area contributed by atoms with E-state index in [4.69, 9.17) is 13.9 Å². The molecule has 0 radical (unpaired) electrons. The molecular formula is C21H20N2O4. The molecule has 0 saturated carbocycles. The van der Waals surface area contributed by atoms with Crippen molar-refractivity contribution in [2.45, 2.75) is 26.2 Å². The molecule has 0 spiro atoms. The van der Waals surface area contributed by atoms with Gasteiger partial charge in [-0.1, -0.05) is 24.3 Å². The SMILES string of the molecule is COc1cc(COc2coc(CN3Cc4ccccc4C3)cc2=O)ccn1. The predicted octanol–water partition coefficient (Wildman–Crippen LogP) is 3.14. The summed E-state index contributed by atoms with van der Waals surface area (Å²) in [5.74, 6) is 1.33. The third kappa shape index (κ3) is 4.01. The van der Waals surface area contributed by atoms with Crippen LogP contribution in [-0.2, 0) is 26.2 Å². The van der Waals surface area contributed by atoms with Crippen molar-refractivity contribution in [2.24, 2.45) is 0 Å². The Bertz CT molecular complexity index is 974. The summed E-state index contributed by atoms with van der Waals surface area (Å²) >= 11 is 0. The van der Waals surface area contributed by atoms with Crippen LogP contribution in [0.3, 0.4) is 0 Å². The number of ether oxygens (including phenoxy) is 2. The quantitative estimate of drug-likeness (QED) is 0.670. The Labute approximate surface area is 157 Å². The summed E-state index contributed by atoms with van der Waals surface area (Å²) in [6.45, 7) is 2.56. The van der Waals surface area contributed by atoms with Gasteiger partial charge in [0.25, 0.3) is 0 Å². The molecule has 27 heavy (non-hydrogen) atoms. The summed E-state index contributed by atoms with van der Waals surface area (Å²) in [6, 6.07) is 13.4. The Morgan fingerprint density at radius 2 is 1.93 bits per heavy atom. The molecule has 1 aliphatic rings. The van der Waals surface area contributed by atoms with E-state index < -0.39 is 0 Å². The van der Waals surface area contributed by atoms with Crippen LogP contribution in [0.4, 0.5) is 0 Å². The van der Waals surface area contributed by atoms with Gasteiger partial charge in [0, 0.05) is 31.4 Å². The van der Waals surface area contributed by atoms with Crippen molar-refractivity contribution in [1.29, 1.82) is 0 Å². The summed E-state index contributed by atoms with van der Waals surface area (Å²) in [6.07, 6.45) is 3.02. The molecule has 1 aromatic carbocycles. The fourth-order valence-corrected chi connectivity index (χ4v) is 3.18. The lowest BCUT2D eigenvalue weighted by Gasteiger charge is -2.14. The molecule has 6 nitrogen and oxygen atoms in total. The molecule has 3 aromatic rings. The monoisotopic (exact) mass is 364 g/mol. The van der Waals surface area contributed by atoms with Gasteiger partial charge in [-0.2, -0.15) is 0 Å². The molecule has 0 fully saturated rings. The van der Waals surface area contributed by atoms with Gasteiger partial charge in [-0.15, -0.1) is 0 Å². The number of hydrogen-bond acceptors (Lipinski definition) is 6. The van der Waals surface area contributed by atoms with Gasteiger partial charge in [0.15, 0.2) is 0 Å². The summed E-state index contributed by atoms with van der Waals surface area (Å²) in [5.41, 5.74) is 3.33. The Morgan fingerprint density at radius 3 is 2.63 bits per heavy atom. The maximum absolute atomic E-state index is 12.3. The van der Waals surface area contributed by atoms with Crippen LogP contribution >= 0.6 is 0 Å². The van der Waals surface area contributed by atoms with Crippen LogP contribution in [-0.4, -0.2) is 17.0 Å². The Hall–Kier alpha value is -3.12. The van der Waals surface area contributed by atoms with Crippen LogP contribution < -0.4 is 14.9 Å². The fraction of sp³-hybridized carbons (Fsp3) is 0.238. The van der Waals surface area contributed by atoms with Crippen molar-refractivity contribution in [2.75, 3.05) is 7.11 Å². The van der Waals surface area contributed by atoms with Crippen LogP contribution in [0.25, 0.3) is 0 Å². The van der Waals surface area contributed by atoms with Crippen molar-refractivity contribution in [3.05, 3.63) is 87.6 Å². The van der Waals surface area contributed by atoms with Gasteiger partial charge in [0.05, 0.1) is 13.7 Å². The lowest BCUT2D eigenvalue weighted by atomic mass is 10.1. The first-order chi connectivity index (χ1) is 13.2. The van der Waals surface area contributed by atoms with Crippen LogP contribution in [0.15, 0.2) is 64.1 Å². The van der Waals surface area contributed by atoms with Crippen LogP contribution in [0.1, 0.15) is 22.5 Å². The first kappa shape index (κ1) is 17.3. The third-order valence-electron chi connectivity index (χ3n) is 4.54. The highest BCUT2D eigenvalue weighted by atomic mass is 16.5. The van der Waals surface area contributed by atoms with Gasteiger partial charge >= 0.3 is 0 Å². The first-order valence-corrected chi connectivity index (χ1v) is 8.74. The molecule has 3 heterocycles. The molecule has 0 amide bonds. The first-order valence-electron chi connectivity index (χ1n) is 8.74. The van der Waals surface area contributed by atoms with Gasteiger partial charge in [-0.3, -0.25) is 9.69 Å². The van der Waals surface area contributed by atoms with Gasteiger partial charge < -0.3 is 13.9 Å². The highest BCUT2D eigenvalue weighted by Gasteiger charge is 2.19. The minimum Gasteiger partial charge on any atom is -0.482 e. The van der Waals surface area contributed by atoms with Gasteiger partial charge in [-0.05, 0) is 22.8 Å². The number of hydrogen-bond donors (Lipinski definition) is 0. The molecule has 0 N–H and O–H groups in total. The Kier molecular flexibility index (Phi) is 4.89. The molecule has 138 valence electrons. The number of nitrogens with zero attached hydrogens (tertiary/aromatic N) is 2. The third-order valence-corrected chi connectivity index (χ3v) is 4.54. The topological polar surface area (TPSA) is 64.8 Å². The zero-order valence-electron chi connectivity index (χ0n) is 15.1. The lowest BCUT2D eigenvalue weighted by Crippen LogP contribution is -2.17. The number of rotatable bonds is 6. The van der Waals surface area contributed by atoms with Crippen LogP contribution in [0, 0.1) is 0 Å². The van der Waals surface area contributed by atoms with Crippen molar-refractivity contribution in [3.63, 3.8) is 0 Å². The Balaban J connectivity index is 1.39. The van der Waals surface area contributed by atoms with E-state index in [0.717, 1.165) is 18.7 Å². The second-order valence-electron chi connectivity index (χ2n) is 6.48. The highest BCUT2D eigenvalue weighted by molar-refractivity contribution is 5.30. The minimum atomic E-state index is -0.186. The van der Waals surface area contributed by atoms with Gasteiger partial charge in [0.1, 0.15) is 18.6 Å². The number of fused-ring (bicyclic) bond motifs is 1. The van der Waals surface area contributed by atoms with Crippen molar-refractivity contribution in [1.82, 2.24) is 9.88 Å². The number of pyridine rings is 1. The molecule has 0 saturated heterocycles. The number of methoxy groups -OCH3 is 1. The number of benzene rings is 1. The molecule has 2 aromatic heterocycles. The van der Waals surface area contributed by atoms with E-state index in [1.807, 2.05) is 18.2 Å². The summed E-state index contributed by atoms with van der Waals surface area (Å²) in [5, 5.41) is 0. The van der Waals surface area contributed by atoms with Gasteiger partial charge in [0.2, 0.25) is 17.1 Å². The second kappa shape index (κ2) is 7.63. The highest BCUT2D eigenvalue weighted by Crippen LogP contribution is 2.24. The second-order valence-corrected chi connectivity index (χ2v) is 6.48. The maximum Gasteiger partial charge on any atom is 0.227 e. The molecule has 0 unspecified atom stereocenters. The maximum atomic E-state index is 12.3. The smallest absolute Gasteiger partial charge is 0.227 e. The Morgan fingerprint density at radius 1 is 1.15 bits per heavy atom. The average molecular weight is 364 g/mol. The molecule has 6 heteroatoms. The largest absolute Gasteiger partial charge is 0.482 e. The summed E-state index contributed by atoms with van der Waals surface area (Å²) in [4.78, 5) is 18.6. The molecule has 0 atom stereocenters. The molecule has 0 bridgehead atoms. The van der Waals surface area contributed by atoms with E-state index in [-0.39, 0.29) is 17.8 Å². The normalized spacial score (nSPS) is 13.4. The van der Waals surface area contributed by atoms with E-state index in [2.05, 4.69) is 22.0 Å².